The van der Waals surface area contributed by atoms with E-state index < -0.39 is 11.7 Å². The fourth-order valence-electron chi connectivity index (χ4n) is 1.84. The molecular weight excluding hydrogens is 379 g/mol. The predicted octanol–water partition coefficient (Wildman–Crippen LogP) is 3.52. The fourth-order valence-corrected chi connectivity index (χ4v) is 2.22. The Kier molecular flexibility index (Phi) is 6.31. The average Bonchev–Trinajstić information content (AvgIpc) is 2.57. The van der Waals surface area contributed by atoms with Gasteiger partial charge in [0.1, 0.15) is 5.75 Å². The number of carbonyl (C=O) groups excluding carboxylic acids is 1. The molecule has 0 atom stereocenters. The van der Waals surface area contributed by atoms with E-state index in [1.165, 1.54) is 19.2 Å². The molecule has 1 N–H and O–H groups in total. The summed E-state index contributed by atoms with van der Waals surface area (Å²) in [7, 11) is 1.39. The van der Waals surface area contributed by atoms with Gasteiger partial charge in [0.15, 0.2) is 18.2 Å². The van der Waals surface area contributed by atoms with Gasteiger partial charge in [0.25, 0.3) is 5.91 Å². The summed E-state index contributed by atoms with van der Waals surface area (Å²) in [5.41, 5.74) is 3.38. The maximum absolute atomic E-state index is 13.7. The summed E-state index contributed by atoms with van der Waals surface area (Å²) in [6, 6.07) is 11.6. The third-order valence-electron chi connectivity index (χ3n) is 3.08. The molecule has 2 aromatic rings. The first-order valence-corrected chi connectivity index (χ1v) is 7.84. The van der Waals surface area contributed by atoms with Crippen molar-refractivity contribution in [1.29, 1.82) is 0 Å². The Bertz CT molecular complexity index is 765. The molecule has 0 saturated heterocycles. The molecule has 2 aromatic carbocycles. The van der Waals surface area contributed by atoms with Gasteiger partial charge in [0.2, 0.25) is 0 Å². The van der Waals surface area contributed by atoms with Gasteiger partial charge in [-0.1, -0.05) is 22.0 Å². The minimum atomic E-state index is -0.492. The van der Waals surface area contributed by atoms with Gasteiger partial charge in [0.05, 0.1) is 12.8 Å². The largest absolute Gasteiger partial charge is 0.494 e. The highest BCUT2D eigenvalue weighted by Crippen LogP contribution is 2.18. The van der Waals surface area contributed by atoms with E-state index in [1.54, 1.807) is 31.2 Å². The molecule has 0 aliphatic carbocycles. The summed E-state index contributed by atoms with van der Waals surface area (Å²) in [4.78, 5) is 11.8. The van der Waals surface area contributed by atoms with Gasteiger partial charge in [-0.3, -0.25) is 4.79 Å². The SMILES string of the molecule is COc1ccc(/C(C)=N\NC(=O)COc2cccc(Br)c2)cc1F. The van der Waals surface area contributed by atoms with Crippen molar-refractivity contribution in [2.24, 2.45) is 5.10 Å². The van der Waals surface area contributed by atoms with Gasteiger partial charge in [-0.05, 0) is 43.3 Å². The van der Waals surface area contributed by atoms with Gasteiger partial charge >= 0.3 is 0 Å². The van der Waals surface area contributed by atoms with Crippen LogP contribution in [0.25, 0.3) is 0 Å². The summed E-state index contributed by atoms with van der Waals surface area (Å²) >= 11 is 3.32. The van der Waals surface area contributed by atoms with Gasteiger partial charge < -0.3 is 9.47 Å². The molecule has 1 amide bonds. The van der Waals surface area contributed by atoms with E-state index in [-0.39, 0.29) is 12.4 Å². The molecule has 0 bridgehead atoms. The number of hydrogen-bond donors (Lipinski definition) is 1. The first kappa shape index (κ1) is 17.9. The third-order valence-corrected chi connectivity index (χ3v) is 3.58. The van der Waals surface area contributed by atoms with E-state index in [1.807, 2.05) is 6.07 Å². The number of hydrazone groups is 1. The van der Waals surface area contributed by atoms with Crippen LogP contribution in [0, 0.1) is 5.82 Å². The van der Waals surface area contributed by atoms with Gasteiger partial charge in [-0.2, -0.15) is 5.10 Å². The van der Waals surface area contributed by atoms with Gasteiger partial charge in [-0.15, -0.1) is 0 Å². The number of nitrogens with one attached hydrogen (secondary N) is 1. The normalized spacial score (nSPS) is 11.1. The zero-order valence-electron chi connectivity index (χ0n) is 13.2. The number of nitrogens with zero attached hydrogens (tertiary/aromatic N) is 1. The van der Waals surface area contributed by atoms with Crippen LogP contribution in [0.5, 0.6) is 11.5 Å². The summed E-state index contributed by atoms with van der Waals surface area (Å²) in [6.45, 7) is 1.49. The van der Waals surface area contributed by atoms with Gasteiger partial charge in [-0.25, -0.2) is 9.82 Å². The Morgan fingerprint density at radius 1 is 1.29 bits per heavy atom. The Balaban J connectivity index is 1.91. The van der Waals surface area contributed by atoms with Crippen molar-refractivity contribution in [3.8, 4) is 11.5 Å². The summed E-state index contributed by atoms with van der Waals surface area (Å²) < 4.78 is 24.7. The highest BCUT2D eigenvalue weighted by molar-refractivity contribution is 9.10. The van der Waals surface area contributed by atoms with Gasteiger partial charge in [0, 0.05) is 10.0 Å². The molecule has 7 heteroatoms. The number of rotatable bonds is 6. The maximum atomic E-state index is 13.7. The second-order valence-corrected chi connectivity index (χ2v) is 5.74. The molecular formula is C17H16BrFN2O3. The van der Waals surface area contributed by atoms with Crippen molar-refractivity contribution in [1.82, 2.24) is 5.43 Å². The van der Waals surface area contributed by atoms with E-state index in [4.69, 9.17) is 9.47 Å². The summed E-state index contributed by atoms with van der Waals surface area (Å²) in [5, 5.41) is 3.94. The molecule has 0 spiro atoms. The minimum Gasteiger partial charge on any atom is -0.494 e. The predicted molar refractivity (Wildman–Crippen MR) is 92.9 cm³/mol. The van der Waals surface area contributed by atoms with Crippen LogP contribution in [0.15, 0.2) is 52.0 Å². The Morgan fingerprint density at radius 3 is 2.75 bits per heavy atom. The van der Waals surface area contributed by atoms with Crippen molar-refractivity contribution in [2.75, 3.05) is 13.7 Å². The molecule has 0 aliphatic heterocycles. The average molecular weight is 395 g/mol. The Morgan fingerprint density at radius 2 is 2.08 bits per heavy atom. The maximum Gasteiger partial charge on any atom is 0.277 e. The number of ether oxygens (including phenoxy) is 2. The standard InChI is InChI=1S/C17H16BrFN2O3/c1-11(12-6-7-16(23-2)15(19)8-12)20-21-17(22)10-24-14-5-3-4-13(18)9-14/h3-9H,10H2,1-2H3,(H,21,22)/b20-11-. The Labute approximate surface area is 147 Å². The summed E-state index contributed by atoms with van der Waals surface area (Å²) in [5.74, 6) is -0.187. The Hall–Kier alpha value is -2.41. The number of methoxy groups -OCH3 is 1. The number of hydrogen-bond acceptors (Lipinski definition) is 4. The molecule has 0 saturated carbocycles. The van der Waals surface area contributed by atoms with Crippen molar-refractivity contribution in [3.63, 3.8) is 0 Å². The zero-order chi connectivity index (χ0) is 17.5. The van der Waals surface area contributed by atoms with Crippen LogP contribution >= 0.6 is 15.9 Å². The molecule has 0 unspecified atom stereocenters. The number of carbonyl (C=O) groups is 1. The lowest BCUT2D eigenvalue weighted by Crippen LogP contribution is -2.25. The van der Waals surface area contributed by atoms with Crippen LogP contribution in [0.3, 0.4) is 0 Å². The number of benzene rings is 2. The zero-order valence-corrected chi connectivity index (χ0v) is 14.8. The van der Waals surface area contributed by atoms with E-state index in [0.717, 1.165) is 4.47 Å². The molecule has 0 radical (unpaired) electrons. The first-order chi connectivity index (χ1) is 11.5. The van der Waals surface area contributed by atoms with E-state index in [2.05, 4.69) is 26.5 Å². The molecule has 24 heavy (non-hydrogen) atoms. The fraction of sp³-hybridized carbons (Fsp3) is 0.176. The topological polar surface area (TPSA) is 59.9 Å². The van der Waals surface area contributed by atoms with E-state index in [0.29, 0.717) is 17.0 Å². The number of amides is 1. The number of halogens is 2. The van der Waals surface area contributed by atoms with Crippen molar-refractivity contribution >= 4 is 27.5 Å². The third kappa shape index (κ3) is 5.06. The monoisotopic (exact) mass is 394 g/mol. The van der Waals surface area contributed by atoms with E-state index in [9.17, 15) is 9.18 Å². The molecule has 0 fully saturated rings. The summed E-state index contributed by atoms with van der Waals surface area (Å²) in [6.07, 6.45) is 0. The minimum absolute atomic E-state index is 0.151. The van der Waals surface area contributed by atoms with Crippen LogP contribution < -0.4 is 14.9 Å². The second kappa shape index (κ2) is 8.44. The van der Waals surface area contributed by atoms with Crippen LogP contribution in [0.2, 0.25) is 0 Å². The molecule has 126 valence electrons. The highest BCUT2D eigenvalue weighted by atomic mass is 79.9. The highest BCUT2D eigenvalue weighted by Gasteiger charge is 2.07. The quantitative estimate of drug-likeness (QED) is 0.602. The molecule has 0 aliphatic rings. The lowest BCUT2D eigenvalue weighted by molar-refractivity contribution is -0.123. The molecule has 0 heterocycles. The second-order valence-electron chi connectivity index (χ2n) is 4.83. The van der Waals surface area contributed by atoms with Crippen molar-refractivity contribution in [3.05, 3.63) is 58.3 Å². The van der Waals surface area contributed by atoms with Crippen molar-refractivity contribution < 1.29 is 18.7 Å². The molecule has 0 aromatic heterocycles. The van der Waals surface area contributed by atoms with Crippen LogP contribution in [0.4, 0.5) is 4.39 Å². The van der Waals surface area contributed by atoms with Crippen LogP contribution in [-0.2, 0) is 4.79 Å². The smallest absolute Gasteiger partial charge is 0.277 e. The van der Waals surface area contributed by atoms with Crippen LogP contribution in [0.1, 0.15) is 12.5 Å². The molecule has 2 rings (SSSR count). The van der Waals surface area contributed by atoms with E-state index >= 15 is 0 Å². The first-order valence-electron chi connectivity index (χ1n) is 7.05. The van der Waals surface area contributed by atoms with Crippen LogP contribution in [-0.4, -0.2) is 25.3 Å². The lowest BCUT2D eigenvalue weighted by Gasteiger charge is -2.07. The van der Waals surface area contributed by atoms with Crippen molar-refractivity contribution in [2.45, 2.75) is 6.92 Å². The molecule has 5 nitrogen and oxygen atoms in total. The lowest BCUT2D eigenvalue weighted by atomic mass is 10.1.